The molecule has 1 saturated carbocycles. The summed E-state index contributed by atoms with van der Waals surface area (Å²) in [6, 6.07) is 15.0. The van der Waals surface area contributed by atoms with Crippen LogP contribution in [0.15, 0.2) is 48.5 Å². The van der Waals surface area contributed by atoms with Crippen LogP contribution in [-0.2, 0) is 16.1 Å². The number of carbonyl (C=O) groups excluding carboxylic acids is 2. The Hall–Kier alpha value is -2.70. The molecule has 4 rings (SSSR count). The first kappa shape index (κ1) is 19.6. The zero-order valence-electron chi connectivity index (χ0n) is 16.7. The first-order valence-corrected chi connectivity index (χ1v) is 10.2. The van der Waals surface area contributed by atoms with Crippen LogP contribution < -0.4 is 10.6 Å². The van der Waals surface area contributed by atoms with Gasteiger partial charge >= 0.3 is 0 Å². The van der Waals surface area contributed by atoms with Crippen molar-refractivity contribution in [2.75, 3.05) is 36.9 Å². The van der Waals surface area contributed by atoms with E-state index in [1.165, 1.54) is 0 Å². The zero-order chi connectivity index (χ0) is 20.2. The van der Waals surface area contributed by atoms with Gasteiger partial charge in [0.05, 0.1) is 13.2 Å². The van der Waals surface area contributed by atoms with Gasteiger partial charge < -0.3 is 15.4 Å². The zero-order valence-corrected chi connectivity index (χ0v) is 16.7. The third-order valence-corrected chi connectivity index (χ3v) is 5.60. The second kappa shape index (κ2) is 8.76. The highest BCUT2D eigenvalue weighted by molar-refractivity contribution is 6.05. The lowest BCUT2D eigenvalue weighted by atomic mass is 10.1. The predicted octanol–water partition coefficient (Wildman–Crippen LogP) is 3.37. The van der Waals surface area contributed by atoms with Crippen LogP contribution in [-0.4, -0.2) is 43.0 Å². The van der Waals surface area contributed by atoms with Gasteiger partial charge in [0.25, 0.3) is 5.91 Å². The molecule has 2 aliphatic rings. The molecule has 0 aromatic heterocycles. The Morgan fingerprint density at radius 1 is 1.07 bits per heavy atom. The molecule has 2 amide bonds. The van der Waals surface area contributed by atoms with E-state index in [1.54, 1.807) is 18.2 Å². The molecular weight excluding hydrogens is 366 g/mol. The van der Waals surface area contributed by atoms with Gasteiger partial charge in [-0.1, -0.05) is 31.2 Å². The highest BCUT2D eigenvalue weighted by Gasteiger charge is 2.39. The van der Waals surface area contributed by atoms with Gasteiger partial charge in [-0.3, -0.25) is 14.5 Å². The van der Waals surface area contributed by atoms with Gasteiger partial charge in [-0.15, -0.1) is 0 Å². The second-order valence-corrected chi connectivity index (χ2v) is 7.89. The van der Waals surface area contributed by atoms with Crippen LogP contribution in [0.25, 0.3) is 0 Å². The quantitative estimate of drug-likeness (QED) is 0.790. The van der Waals surface area contributed by atoms with E-state index < -0.39 is 0 Å². The van der Waals surface area contributed by atoms with Crippen molar-refractivity contribution in [3.05, 3.63) is 59.7 Å². The number of rotatable bonds is 6. The van der Waals surface area contributed by atoms with E-state index in [-0.39, 0.29) is 17.7 Å². The molecule has 2 N–H and O–H groups in total. The van der Waals surface area contributed by atoms with Crippen LogP contribution in [0, 0.1) is 11.8 Å². The summed E-state index contributed by atoms with van der Waals surface area (Å²) >= 11 is 0. The van der Waals surface area contributed by atoms with E-state index in [2.05, 4.69) is 22.5 Å². The van der Waals surface area contributed by atoms with Gasteiger partial charge in [-0.2, -0.15) is 0 Å². The number of amides is 2. The number of morpholine rings is 1. The minimum Gasteiger partial charge on any atom is -0.379 e. The number of para-hydroxylation sites is 1. The number of nitrogens with zero attached hydrogens (tertiary/aromatic N) is 1. The van der Waals surface area contributed by atoms with Crippen LogP contribution in [0.1, 0.15) is 29.3 Å². The maximum Gasteiger partial charge on any atom is 0.255 e. The summed E-state index contributed by atoms with van der Waals surface area (Å²) in [5.41, 5.74) is 3.07. The minimum absolute atomic E-state index is 0.0333. The van der Waals surface area contributed by atoms with Gasteiger partial charge in [-0.05, 0) is 42.2 Å². The molecule has 2 atom stereocenters. The molecule has 1 aliphatic heterocycles. The molecule has 2 aromatic carbocycles. The number of anilines is 2. The maximum absolute atomic E-state index is 12.8. The van der Waals surface area contributed by atoms with Crippen molar-refractivity contribution >= 4 is 23.2 Å². The monoisotopic (exact) mass is 393 g/mol. The summed E-state index contributed by atoms with van der Waals surface area (Å²) in [6.45, 7) is 6.12. The molecule has 0 bridgehead atoms. The van der Waals surface area contributed by atoms with E-state index in [9.17, 15) is 9.59 Å². The smallest absolute Gasteiger partial charge is 0.255 e. The molecule has 0 spiro atoms. The van der Waals surface area contributed by atoms with Gasteiger partial charge in [0.2, 0.25) is 5.91 Å². The summed E-state index contributed by atoms with van der Waals surface area (Å²) in [5, 5.41) is 5.95. The number of nitrogens with one attached hydrogen (secondary N) is 2. The van der Waals surface area contributed by atoms with Crippen LogP contribution in [0.2, 0.25) is 0 Å². The second-order valence-electron chi connectivity index (χ2n) is 7.89. The summed E-state index contributed by atoms with van der Waals surface area (Å²) in [4.78, 5) is 27.3. The molecule has 6 heteroatoms. The number of hydrogen-bond donors (Lipinski definition) is 2. The molecular formula is C23H27N3O3. The lowest BCUT2D eigenvalue weighted by Crippen LogP contribution is -2.35. The topological polar surface area (TPSA) is 70.7 Å². The first-order valence-electron chi connectivity index (χ1n) is 10.2. The lowest BCUT2D eigenvalue weighted by Gasteiger charge is -2.27. The lowest BCUT2D eigenvalue weighted by molar-refractivity contribution is -0.117. The molecule has 29 heavy (non-hydrogen) atoms. The Labute approximate surface area is 171 Å². The molecule has 1 saturated heterocycles. The average Bonchev–Trinajstić information content (AvgIpc) is 3.47. The fourth-order valence-corrected chi connectivity index (χ4v) is 3.64. The summed E-state index contributed by atoms with van der Waals surface area (Å²) < 4.78 is 5.41. The fraction of sp³-hybridized carbons (Fsp3) is 0.391. The highest BCUT2D eigenvalue weighted by Crippen LogP contribution is 2.38. The normalized spacial score (nSPS) is 21.4. The summed E-state index contributed by atoms with van der Waals surface area (Å²) in [6.07, 6.45) is 0.936. The SMILES string of the molecule is CC1CC1C(=O)Nc1cccc(C(=O)Nc2ccccc2CN2CCOCC2)c1. The molecule has 1 aliphatic carbocycles. The average molecular weight is 393 g/mol. The van der Waals surface area contributed by atoms with Crippen molar-refractivity contribution in [3.63, 3.8) is 0 Å². The molecule has 0 radical (unpaired) electrons. The largest absolute Gasteiger partial charge is 0.379 e. The van der Waals surface area contributed by atoms with E-state index in [4.69, 9.17) is 4.74 Å². The summed E-state index contributed by atoms with van der Waals surface area (Å²) in [5.74, 6) is 0.394. The Balaban J connectivity index is 1.43. The first-order chi connectivity index (χ1) is 14.1. The standard InChI is InChI=1S/C23H27N3O3/c1-16-13-20(16)23(28)24-19-7-4-6-17(14-19)22(27)25-21-8-3-2-5-18(21)15-26-9-11-29-12-10-26/h2-8,14,16,20H,9-13,15H2,1H3,(H,24,28)(H,25,27). The van der Waals surface area contributed by atoms with Crippen molar-refractivity contribution < 1.29 is 14.3 Å². The van der Waals surface area contributed by atoms with Crippen molar-refractivity contribution in [1.82, 2.24) is 4.90 Å². The molecule has 2 fully saturated rings. The Kier molecular flexibility index (Phi) is 5.92. The molecule has 2 aromatic rings. The van der Waals surface area contributed by atoms with E-state index in [0.717, 1.165) is 50.5 Å². The number of ether oxygens (including phenoxy) is 1. The van der Waals surface area contributed by atoms with Crippen molar-refractivity contribution in [3.8, 4) is 0 Å². The Morgan fingerprint density at radius 2 is 1.83 bits per heavy atom. The molecule has 2 unspecified atom stereocenters. The predicted molar refractivity (Wildman–Crippen MR) is 113 cm³/mol. The van der Waals surface area contributed by atoms with Gasteiger partial charge in [0.1, 0.15) is 0 Å². The third kappa shape index (κ3) is 5.02. The fourth-order valence-electron chi connectivity index (χ4n) is 3.64. The molecule has 152 valence electrons. The Bertz CT molecular complexity index is 892. The van der Waals surface area contributed by atoms with Crippen molar-refractivity contribution in [1.29, 1.82) is 0 Å². The van der Waals surface area contributed by atoms with E-state index >= 15 is 0 Å². The van der Waals surface area contributed by atoms with Gasteiger partial charge in [-0.25, -0.2) is 0 Å². The number of hydrogen-bond acceptors (Lipinski definition) is 4. The van der Waals surface area contributed by atoms with Gasteiger partial charge in [0, 0.05) is 42.5 Å². The van der Waals surface area contributed by atoms with Crippen LogP contribution in [0.5, 0.6) is 0 Å². The van der Waals surface area contributed by atoms with Crippen LogP contribution in [0.3, 0.4) is 0 Å². The highest BCUT2D eigenvalue weighted by atomic mass is 16.5. The van der Waals surface area contributed by atoms with Gasteiger partial charge in [0.15, 0.2) is 0 Å². The molecule has 6 nitrogen and oxygen atoms in total. The van der Waals surface area contributed by atoms with Crippen LogP contribution >= 0.6 is 0 Å². The van der Waals surface area contributed by atoms with Crippen molar-refractivity contribution in [2.45, 2.75) is 19.9 Å². The van der Waals surface area contributed by atoms with E-state index in [0.29, 0.717) is 17.2 Å². The number of carbonyl (C=O) groups is 2. The summed E-state index contributed by atoms with van der Waals surface area (Å²) in [7, 11) is 0. The number of benzene rings is 2. The minimum atomic E-state index is -0.185. The van der Waals surface area contributed by atoms with E-state index in [1.807, 2.05) is 30.3 Å². The Morgan fingerprint density at radius 3 is 2.59 bits per heavy atom. The molecule has 1 heterocycles. The van der Waals surface area contributed by atoms with Crippen LogP contribution in [0.4, 0.5) is 11.4 Å². The third-order valence-electron chi connectivity index (χ3n) is 5.60. The maximum atomic E-state index is 12.8. The van der Waals surface area contributed by atoms with Crippen molar-refractivity contribution in [2.24, 2.45) is 11.8 Å².